The van der Waals surface area contributed by atoms with Gasteiger partial charge in [-0.2, -0.15) is 0 Å². The maximum absolute atomic E-state index is 13.6. The summed E-state index contributed by atoms with van der Waals surface area (Å²) in [6.45, 7) is 4.06. The number of nitrogens with zero attached hydrogens (tertiary/aromatic N) is 1. The molecule has 0 radical (unpaired) electrons. The third-order valence-electron chi connectivity index (χ3n) is 4.96. The highest BCUT2D eigenvalue weighted by Crippen LogP contribution is 2.34. The van der Waals surface area contributed by atoms with Crippen LogP contribution in [0.25, 0.3) is 22.5 Å². The lowest BCUT2D eigenvalue weighted by Crippen LogP contribution is -2.15. The largest absolute Gasteiger partial charge is 0.481 e. The van der Waals surface area contributed by atoms with E-state index in [1.807, 2.05) is 50.2 Å². The fourth-order valence-electron chi connectivity index (χ4n) is 3.36. The summed E-state index contributed by atoms with van der Waals surface area (Å²) >= 11 is 0. The number of carboxylic acids is 1. The third kappa shape index (κ3) is 6.69. The molecule has 1 unspecified atom stereocenters. The molecule has 0 fully saturated rings. The lowest BCUT2D eigenvalue weighted by atomic mass is 9.92. The van der Waals surface area contributed by atoms with Crippen LogP contribution in [0, 0.1) is 17.4 Å². The number of aliphatic hydroxyl groups is 1. The predicted molar refractivity (Wildman–Crippen MR) is 128 cm³/mol. The highest BCUT2D eigenvalue weighted by molar-refractivity contribution is 7.57. The van der Waals surface area contributed by atoms with Crippen LogP contribution in [-0.4, -0.2) is 38.3 Å². The summed E-state index contributed by atoms with van der Waals surface area (Å²) in [6.07, 6.45) is -1.74. The molecule has 0 aliphatic carbocycles. The first-order chi connectivity index (χ1) is 15.7. The molecule has 0 saturated heterocycles. The molecule has 3 rings (SSSR count). The van der Waals surface area contributed by atoms with E-state index in [1.165, 1.54) is 12.1 Å². The molecule has 0 spiro atoms. The van der Waals surface area contributed by atoms with Crippen LogP contribution in [0.5, 0.6) is 0 Å². The molecule has 170 valence electrons. The van der Waals surface area contributed by atoms with Gasteiger partial charge >= 0.3 is 5.97 Å². The van der Waals surface area contributed by atoms with Gasteiger partial charge in [-0.15, -0.1) is 0 Å². The lowest BCUT2D eigenvalue weighted by Gasteiger charge is -2.16. The summed E-state index contributed by atoms with van der Waals surface area (Å²) in [7, 11) is -1.91. The third-order valence-corrected chi connectivity index (χ3v) is 6.10. The number of halogens is 1. The van der Waals surface area contributed by atoms with Crippen molar-refractivity contribution in [1.82, 2.24) is 4.98 Å². The smallest absolute Gasteiger partial charge is 0.305 e. The average Bonchev–Trinajstić information content (AvgIpc) is 2.77. The summed E-state index contributed by atoms with van der Waals surface area (Å²) in [5.74, 6) is 1.61. The van der Waals surface area contributed by atoms with E-state index in [0.29, 0.717) is 16.8 Å². The van der Waals surface area contributed by atoms with Gasteiger partial charge in [0.15, 0.2) is 0 Å². The maximum atomic E-state index is 13.6. The SMILES string of the molecule is CC(C)c1cc(-c2ccccc2)nc(-c2ccc(F)cc2)c1C#C[P@@](O)CC(O)CC(=O)O. The number of pyridine rings is 1. The topological polar surface area (TPSA) is 90.7 Å². The Labute approximate surface area is 193 Å². The van der Waals surface area contributed by atoms with Crippen molar-refractivity contribution in [2.75, 3.05) is 6.16 Å². The van der Waals surface area contributed by atoms with Crippen LogP contribution in [0.2, 0.25) is 0 Å². The van der Waals surface area contributed by atoms with Crippen LogP contribution in [0.15, 0.2) is 60.7 Å². The molecule has 3 aromatic rings. The maximum Gasteiger partial charge on any atom is 0.305 e. The van der Waals surface area contributed by atoms with E-state index in [-0.39, 0.29) is 17.9 Å². The van der Waals surface area contributed by atoms with Crippen molar-refractivity contribution in [2.45, 2.75) is 32.3 Å². The van der Waals surface area contributed by atoms with E-state index in [0.717, 1.165) is 16.8 Å². The van der Waals surface area contributed by atoms with Crippen molar-refractivity contribution in [3.05, 3.63) is 77.6 Å². The molecule has 0 aliphatic rings. The lowest BCUT2D eigenvalue weighted by molar-refractivity contribution is -0.138. The van der Waals surface area contributed by atoms with E-state index in [1.54, 1.807) is 12.1 Å². The zero-order valence-electron chi connectivity index (χ0n) is 18.4. The molecule has 2 atom stereocenters. The van der Waals surface area contributed by atoms with Gasteiger partial charge in [0.1, 0.15) is 14.0 Å². The van der Waals surface area contributed by atoms with Crippen molar-refractivity contribution in [2.24, 2.45) is 0 Å². The summed E-state index contributed by atoms with van der Waals surface area (Å²) < 4.78 is 13.6. The molecule has 5 nitrogen and oxygen atoms in total. The van der Waals surface area contributed by atoms with Crippen molar-refractivity contribution in [1.29, 1.82) is 0 Å². The van der Waals surface area contributed by atoms with E-state index in [2.05, 4.69) is 11.6 Å². The summed E-state index contributed by atoms with van der Waals surface area (Å²) in [5, 5.41) is 18.6. The molecule has 2 aromatic carbocycles. The Kier molecular flexibility index (Phi) is 8.30. The van der Waals surface area contributed by atoms with Gasteiger partial charge in [-0.3, -0.25) is 4.79 Å². The zero-order valence-corrected chi connectivity index (χ0v) is 19.3. The average molecular weight is 465 g/mol. The number of hydrogen-bond acceptors (Lipinski definition) is 4. The van der Waals surface area contributed by atoms with Crippen LogP contribution in [0.4, 0.5) is 4.39 Å². The molecule has 33 heavy (non-hydrogen) atoms. The first-order valence-electron chi connectivity index (χ1n) is 10.5. The van der Waals surface area contributed by atoms with Crippen LogP contribution in [-0.2, 0) is 4.79 Å². The molecule has 7 heteroatoms. The van der Waals surface area contributed by atoms with Crippen LogP contribution in [0.3, 0.4) is 0 Å². The van der Waals surface area contributed by atoms with Crippen molar-refractivity contribution in [3.63, 3.8) is 0 Å². The summed E-state index contributed by atoms with van der Waals surface area (Å²) in [4.78, 5) is 25.9. The van der Waals surface area contributed by atoms with Gasteiger partial charge in [-0.1, -0.05) is 50.1 Å². The Bertz CT molecular complexity index is 1170. The molecular weight excluding hydrogens is 440 g/mol. The minimum Gasteiger partial charge on any atom is -0.481 e. The minimum absolute atomic E-state index is 0.0847. The second-order valence-corrected chi connectivity index (χ2v) is 9.31. The fourth-order valence-corrected chi connectivity index (χ4v) is 4.22. The van der Waals surface area contributed by atoms with Crippen LogP contribution < -0.4 is 0 Å². The number of benzene rings is 2. The Morgan fingerprint density at radius 3 is 2.36 bits per heavy atom. The summed E-state index contributed by atoms with van der Waals surface area (Å²) in [6, 6.07) is 17.7. The Morgan fingerprint density at radius 2 is 1.76 bits per heavy atom. The van der Waals surface area contributed by atoms with Gasteiger partial charge in [0.25, 0.3) is 0 Å². The first-order valence-corrected chi connectivity index (χ1v) is 12.0. The van der Waals surface area contributed by atoms with Crippen LogP contribution in [0.1, 0.15) is 37.3 Å². The van der Waals surface area contributed by atoms with Gasteiger partial charge in [-0.25, -0.2) is 9.37 Å². The normalized spacial score (nSPS) is 12.7. The van der Waals surface area contributed by atoms with Gasteiger partial charge < -0.3 is 15.1 Å². The number of hydrogen-bond donors (Lipinski definition) is 3. The van der Waals surface area contributed by atoms with E-state index >= 15 is 0 Å². The number of aliphatic carboxylic acids is 1. The molecule has 0 amide bonds. The number of rotatable bonds is 7. The van der Waals surface area contributed by atoms with E-state index in [4.69, 9.17) is 10.1 Å². The number of carboxylic acid groups (broad SMARTS) is 1. The number of aliphatic hydroxyl groups excluding tert-OH is 1. The minimum atomic E-state index is -1.91. The molecule has 0 saturated carbocycles. The Balaban J connectivity index is 2.11. The quantitative estimate of drug-likeness (QED) is 0.329. The van der Waals surface area contributed by atoms with E-state index < -0.39 is 26.6 Å². The number of carbonyl (C=O) groups is 1. The van der Waals surface area contributed by atoms with Gasteiger partial charge in [-0.05, 0) is 47.5 Å². The van der Waals surface area contributed by atoms with Crippen LogP contribution >= 0.6 is 8.15 Å². The standard InChI is InChI=1S/C26H25FNO4P/c1-17(2)23-15-24(18-6-4-3-5-7-18)28-26(19-8-10-20(27)11-9-19)22(23)12-13-33(32)16-21(29)14-25(30)31/h3-11,15,17,21,29,32H,14,16H2,1-2H3,(H,30,31)/t21?,33-/m1/s1. The second-order valence-electron chi connectivity index (χ2n) is 7.92. The Morgan fingerprint density at radius 1 is 1.09 bits per heavy atom. The first kappa shape index (κ1) is 24.5. The Hall–Kier alpha value is -3.10. The number of aromatic nitrogens is 1. The fraction of sp³-hybridized carbons (Fsp3) is 0.231. The molecule has 0 bridgehead atoms. The van der Waals surface area contributed by atoms with E-state index in [9.17, 15) is 19.2 Å². The molecular formula is C26H25FNO4P. The molecule has 1 heterocycles. The van der Waals surface area contributed by atoms with Crippen molar-refractivity contribution < 1.29 is 24.3 Å². The van der Waals surface area contributed by atoms with Crippen molar-refractivity contribution >= 4 is 14.1 Å². The zero-order chi connectivity index (χ0) is 24.0. The summed E-state index contributed by atoms with van der Waals surface area (Å²) in [5.41, 5.74) is 7.27. The predicted octanol–water partition coefficient (Wildman–Crippen LogP) is 5.21. The van der Waals surface area contributed by atoms with Gasteiger partial charge in [0.2, 0.25) is 0 Å². The second kappa shape index (κ2) is 11.2. The molecule has 3 N–H and O–H groups in total. The highest BCUT2D eigenvalue weighted by Gasteiger charge is 2.18. The van der Waals surface area contributed by atoms with Gasteiger partial charge in [0.05, 0.1) is 29.5 Å². The molecule has 1 aromatic heterocycles. The highest BCUT2D eigenvalue weighted by atomic mass is 31.1. The van der Waals surface area contributed by atoms with Gasteiger partial charge in [0, 0.05) is 17.3 Å². The van der Waals surface area contributed by atoms with Crippen molar-refractivity contribution in [3.8, 4) is 34.1 Å². The monoisotopic (exact) mass is 465 g/mol. The molecule has 0 aliphatic heterocycles.